The molecule has 1 saturated heterocycles. The average Bonchev–Trinajstić information content (AvgIpc) is 2.94. The van der Waals surface area contributed by atoms with E-state index in [0.29, 0.717) is 31.5 Å². The first kappa shape index (κ1) is 14.2. The Morgan fingerprint density at radius 3 is 2.44 bits per heavy atom. The first-order chi connectivity index (χ1) is 7.05. The zero-order valence-electron chi connectivity index (χ0n) is 9.63. The van der Waals surface area contributed by atoms with E-state index in [2.05, 4.69) is 6.92 Å². The minimum atomic E-state index is -2.96. The molecule has 2 rings (SSSR count). The van der Waals surface area contributed by atoms with Crippen LogP contribution >= 0.6 is 12.4 Å². The lowest BCUT2D eigenvalue weighted by Crippen LogP contribution is -2.32. The molecule has 0 aromatic heterocycles. The van der Waals surface area contributed by atoms with Crippen LogP contribution in [0.4, 0.5) is 0 Å². The van der Waals surface area contributed by atoms with Gasteiger partial charge in [0.05, 0.1) is 5.25 Å². The molecule has 0 bridgehead atoms. The third-order valence-corrected chi connectivity index (χ3v) is 5.91. The van der Waals surface area contributed by atoms with Crippen molar-refractivity contribution >= 4 is 22.4 Å². The molecule has 1 aliphatic heterocycles. The number of hydrogen-bond donors (Lipinski definition) is 1. The van der Waals surface area contributed by atoms with Crippen molar-refractivity contribution in [3.05, 3.63) is 0 Å². The zero-order valence-corrected chi connectivity index (χ0v) is 11.3. The van der Waals surface area contributed by atoms with Crippen molar-refractivity contribution in [1.82, 2.24) is 4.31 Å². The summed E-state index contributed by atoms with van der Waals surface area (Å²) in [5, 5.41) is -0.0682. The predicted octanol–water partition coefficient (Wildman–Crippen LogP) is 0.817. The fourth-order valence-electron chi connectivity index (χ4n) is 2.36. The van der Waals surface area contributed by atoms with E-state index in [9.17, 15) is 8.42 Å². The topological polar surface area (TPSA) is 63.4 Å². The molecule has 2 fully saturated rings. The first-order valence-corrected chi connectivity index (χ1v) is 7.25. The van der Waals surface area contributed by atoms with E-state index in [1.165, 1.54) is 0 Å². The highest BCUT2D eigenvalue weighted by Gasteiger charge is 2.44. The highest BCUT2D eigenvalue weighted by Crippen LogP contribution is 2.35. The van der Waals surface area contributed by atoms with Crippen LogP contribution < -0.4 is 5.73 Å². The lowest BCUT2D eigenvalue weighted by atomic mass is 9.95. The van der Waals surface area contributed by atoms with Gasteiger partial charge in [-0.15, -0.1) is 12.4 Å². The molecule has 2 N–H and O–H groups in total. The number of sulfonamides is 1. The minimum Gasteiger partial charge on any atom is -0.330 e. The van der Waals surface area contributed by atoms with Gasteiger partial charge in [-0.2, -0.15) is 0 Å². The number of halogens is 1. The van der Waals surface area contributed by atoms with Crippen LogP contribution in [0.15, 0.2) is 0 Å². The molecule has 96 valence electrons. The Hall–Kier alpha value is 0.160. The SMILES string of the molecule is C[C@@H]1CN(S(=O)(=O)C2CC2)C[C@H]1CCN.Cl. The standard InChI is InChI=1S/C10H20N2O2S.ClH/c1-8-6-12(7-9(8)4-5-11)15(13,14)10-2-3-10;/h8-10H,2-7,11H2,1H3;1H/t8-,9-;/m1./s1. The van der Waals surface area contributed by atoms with Crippen LogP contribution in [-0.4, -0.2) is 37.6 Å². The van der Waals surface area contributed by atoms with Gasteiger partial charge in [0.25, 0.3) is 0 Å². The normalized spacial score (nSPS) is 31.4. The van der Waals surface area contributed by atoms with Crippen LogP contribution in [0.5, 0.6) is 0 Å². The van der Waals surface area contributed by atoms with E-state index in [0.717, 1.165) is 19.3 Å². The summed E-state index contributed by atoms with van der Waals surface area (Å²) < 4.78 is 25.7. The van der Waals surface area contributed by atoms with Crippen molar-refractivity contribution in [3.63, 3.8) is 0 Å². The minimum absolute atomic E-state index is 0. The molecule has 6 heteroatoms. The molecular weight excluding hydrogens is 248 g/mol. The second kappa shape index (κ2) is 5.21. The Morgan fingerprint density at radius 2 is 1.94 bits per heavy atom. The van der Waals surface area contributed by atoms with Crippen LogP contribution in [0.3, 0.4) is 0 Å². The second-order valence-electron chi connectivity index (χ2n) is 4.88. The van der Waals surface area contributed by atoms with E-state index in [4.69, 9.17) is 5.73 Å². The maximum Gasteiger partial charge on any atom is 0.216 e. The summed E-state index contributed by atoms with van der Waals surface area (Å²) in [6.45, 7) is 4.18. The fraction of sp³-hybridized carbons (Fsp3) is 1.00. The van der Waals surface area contributed by atoms with Gasteiger partial charge in [0.1, 0.15) is 0 Å². The molecule has 16 heavy (non-hydrogen) atoms. The molecule has 4 nitrogen and oxygen atoms in total. The monoisotopic (exact) mass is 268 g/mol. The van der Waals surface area contributed by atoms with Crippen molar-refractivity contribution in [2.45, 2.75) is 31.4 Å². The summed E-state index contributed by atoms with van der Waals surface area (Å²) in [4.78, 5) is 0. The Morgan fingerprint density at radius 1 is 1.31 bits per heavy atom. The van der Waals surface area contributed by atoms with Crippen molar-refractivity contribution in [2.75, 3.05) is 19.6 Å². The molecule has 2 aliphatic rings. The fourth-order valence-corrected chi connectivity index (χ4v) is 4.36. The molecule has 0 aromatic rings. The number of rotatable bonds is 4. The largest absolute Gasteiger partial charge is 0.330 e. The molecule has 1 aliphatic carbocycles. The summed E-state index contributed by atoms with van der Waals surface area (Å²) >= 11 is 0. The van der Waals surface area contributed by atoms with Gasteiger partial charge >= 0.3 is 0 Å². The van der Waals surface area contributed by atoms with Crippen molar-refractivity contribution < 1.29 is 8.42 Å². The second-order valence-corrected chi connectivity index (χ2v) is 7.09. The number of hydrogen-bond acceptors (Lipinski definition) is 3. The first-order valence-electron chi connectivity index (χ1n) is 5.74. The third kappa shape index (κ3) is 2.70. The lowest BCUT2D eigenvalue weighted by molar-refractivity contribution is 0.424. The van der Waals surface area contributed by atoms with Crippen molar-refractivity contribution in [3.8, 4) is 0 Å². The smallest absolute Gasteiger partial charge is 0.216 e. The molecule has 1 heterocycles. The molecule has 0 aromatic carbocycles. The Labute approximate surface area is 104 Å². The summed E-state index contributed by atoms with van der Waals surface area (Å²) in [6.07, 6.45) is 2.65. The van der Waals surface area contributed by atoms with Crippen molar-refractivity contribution in [1.29, 1.82) is 0 Å². The van der Waals surface area contributed by atoms with Crippen LogP contribution in [0.25, 0.3) is 0 Å². The summed E-state index contributed by atoms with van der Waals surface area (Å²) in [7, 11) is -2.96. The van der Waals surface area contributed by atoms with Gasteiger partial charge in [-0.05, 0) is 37.6 Å². The molecule has 1 saturated carbocycles. The third-order valence-electron chi connectivity index (χ3n) is 3.58. The molecule has 0 unspecified atom stereocenters. The lowest BCUT2D eigenvalue weighted by Gasteiger charge is -2.15. The van der Waals surface area contributed by atoms with Gasteiger partial charge in [0.2, 0.25) is 10.0 Å². The summed E-state index contributed by atoms with van der Waals surface area (Å²) in [5.74, 6) is 0.922. The van der Waals surface area contributed by atoms with Crippen LogP contribution in [0, 0.1) is 11.8 Å². The van der Waals surface area contributed by atoms with E-state index in [1.807, 2.05) is 0 Å². The van der Waals surface area contributed by atoms with Crippen LogP contribution in [-0.2, 0) is 10.0 Å². The van der Waals surface area contributed by atoms with Gasteiger partial charge < -0.3 is 5.73 Å². The number of nitrogens with two attached hydrogens (primary N) is 1. The molecule has 0 amide bonds. The average molecular weight is 269 g/mol. The Bertz CT molecular complexity index is 330. The highest BCUT2D eigenvalue weighted by molar-refractivity contribution is 7.90. The van der Waals surface area contributed by atoms with E-state index in [1.54, 1.807) is 4.31 Å². The van der Waals surface area contributed by atoms with Gasteiger partial charge in [0, 0.05) is 13.1 Å². The summed E-state index contributed by atoms with van der Waals surface area (Å²) in [5.41, 5.74) is 5.53. The quantitative estimate of drug-likeness (QED) is 0.821. The van der Waals surface area contributed by atoms with E-state index >= 15 is 0 Å². The highest BCUT2D eigenvalue weighted by atomic mass is 35.5. The molecule has 0 spiro atoms. The predicted molar refractivity (Wildman–Crippen MR) is 67.1 cm³/mol. The Balaban J connectivity index is 0.00000128. The maximum atomic E-state index is 12.0. The van der Waals surface area contributed by atoms with Gasteiger partial charge in [-0.3, -0.25) is 0 Å². The number of nitrogens with zero attached hydrogens (tertiary/aromatic N) is 1. The Kier molecular flexibility index (Phi) is 4.63. The van der Waals surface area contributed by atoms with Gasteiger partial charge in [-0.1, -0.05) is 6.92 Å². The van der Waals surface area contributed by atoms with Crippen LogP contribution in [0.1, 0.15) is 26.2 Å². The maximum absolute atomic E-state index is 12.0. The van der Waals surface area contributed by atoms with Crippen LogP contribution in [0.2, 0.25) is 0 Å². The van der Waals surface area contributed by atoms with E-state index < -0.39 is 10.0 Å². The molecular formula is C10H21ClN2O2S. The van der Waals surface area contributed by atoms with Gasteiger partial charge in [-0.25, -0.2) is 12.7 Å². The van der Waals surface area contributed by atoms with Gasteiger partial charge in [0.15, 0.2) is 0 Å². The molecule has 0 radical (unpaired) electrons. The summed E-state index contributed by atoms with van der Waals surface area (Å²) in [6, 6.07) is 0. The van der Waals surface area contributed by atoms with E-state index in [-0.39, 0.29) is 17.7 Å². The van der Waals surface area contributed by atoms with Crippen molar-refractivity contribution in [2.24, 2.45) is 17.6 Å². The molecule has 2 atom stereocenters. The zero-order chi connectivity index (χ0) is 11.1.